The molecule has 0 saturated heterocycles. The summed E-state index contributed by atoms with van der Waals surface area (Å²) in [4.78, 5) is 2.12. The van der Waals surface area contributed by atoms with Crippen LogP contribution >= 0.6 is 0 Å². The first-order chi connectivity index (χ1) is 6.18. The fourth-order valence-corrected chi connectivity index (χ4v) is 1.28. The quantitative estimate of drug-likeness (QED) is 0.701. The number of rotatable bonds is 4. The van der Waals surface area contributed by atoms with E-state index in [9.17, 15) is 0 Å². The second-order valence-corrected chi connectivity index (χ2v) is 3.50. The highest BCUT2D eigenvalue weighted by Gasteiger charge is 2.03. The largest absolute Gasteiger partial charge is 0.489 e. The second-order valence-electron chi connectivity index (χ2n) is 3.50. The first kappa shape index (κ1) is 10.1. The topological polar surface area (TPSA) is 12.5 Å². The Morgan fingerprint density at radius 2 is 1.85 bits per heavy atom. The predicted octanol–water partition coefficient (Wildman–Crippen LogP) is 2.02. The van der Waals surface area contributed by atoms with Crippen LogP contribution in [0.3, 0.4) is 0 Å². The van der Waals surface area contributed by atoms with Crippen LogP contribution in [0, 0.1) is 0 Å². The molecule has 0 amide bonds. The molecule has 0 aliphatic heterocycles. The Bertz CT molecular complexity index is 233. The molecule has 1 aromatic rings. The van der Waals surface area contributed by atoms with Crippen molar-refractivity contribution in [2.75, 3.05) is 20.6 Å². The molecule has 0 aliphatic carbocycles. The number of hydrogen-bond acceptors (Lipinski definition) is 2. The van der Waals surface area contributed by atoms with Crippen LogP contribution in [-0.4, -0.2) is 31.6 Å². The van der Waals surface area contributed by atoms with Gasteiger partial charge >= 0.3 is 0 Å². The first-order valence-electron chi connectivity index (χ1n) is 4.55. The number of likely N-dealkylation sites (N-methyl/N-ethyl adjacent to an activating group) is 1. The fraction of sp³-hybridized carbons (Fsp3) is 0.455. The predicted molar refractivity (Wildman–Crippen MR) is 55.1 cm³/mol. The lowest BCUT2D eigenvalue weighted by molar-refractivity contribution is 0.177. The summed E-state index contributed by atoms with van der Waals surface area (Å²) < 4.78 is 5.68. The van der Waals surface area contributed by atoms with E-state index in [0.29, 0.717) is 0 Å². The summed E-state index contributed by atoms with van der Waals surface area (Å²) in [5.41, 5.74) is 0. The van der Waals surface area contributed by atoms with Crippen molar-refractivity contribution in [2.45, 2.75) is 13.0 Å². The molecule has 72 valence electrons. The number of para-hydroxylation sites is 1. The molecule has 0 N–H and O–H groups in total. The molecule has 1 rings (SSSR count). The average molecular weight is 179 g/mol. The molecule has 1 aromatic carbocycles. The smallest absolute Gasteiger partial charge is 0.119 e. The van der Waals surface area contributed by atoms with Gasteiger partial charge in [0.2, 0.25) is 0 Å². The molecule has 0 fully saturated rings. The summed E-state index contributed by atoms with van der Waals surface area (Å²) in [7, 11) is 4.09. The van der Waals surface area contributed by atoms with Gasteiger partial charge in [-0.05, 0) is 33.2 Å². The van der Waals surface area contributed by atoms with Gasteiger partial charge in [0, 0.05) is 6.54 Å². The fourth-order valence-electron chi connectivity index (χ4n) is 1.28. The lowest BCUT2D eigenvalue weighted by Gasteiger charge is -2.18. The summed E-state index contributed by atoms with van der Waals surface area (Å²) in [6.07, 6.45) is 0.234. The van der Waals surface area contributed by atoms with Gasteiger partial charge < -0.3 is 9.64 Å². The van der Waals surface area contributed by atoms with Crippen LogP contribution in [0.4, 0.5) is 0 Å². The molecular weight excluding hydrogens is 162 g/mol. The van der Waals surface area contributed by atoms with E-state index in [0.717, 1.165) is 12.3 Å². The zero-order valence-electron chi connectivity index (χ0n) is 8.53. The summed E-state index contributed by atoms with van der Waals surface area (Å²) in [6.45, 7) is 3.02. The van der Waals surface area contributed by atoms with Crippen LogP contribution < -0.4 is 4.74 Å². The van der Waals surface area contributed by atoms with E-state index >= 15 is 0 Å². The monoisotopic (exact) mass is 179 g/mol. The number of nitrogens with zero attached hydrogens (tertiary/aromatic N) is 1. The van der Waals surface area contributed by atoms with E-state index in [4.69, 9.17) is 4.74 Å². The zero-order valence-corrected chi connectivity index (χ0v) is 8.53. The third-order valence-electron chi connectivity index (χ3n) is 1.70. The molecule has 0 heterocycles. The van der Waals surface area contributed by atoms with E-state index in [1.165, 1.54) is 0 Å². The zero-order chi connectivity index (χ0) is 9.68. The highest BCUT2D eigenvalue weighted by molar-refractivity contribution is 5.21. The molecule has 0 spiro atoms. The van der Waals surface area contributed by atoms with E-state index in [1.807, 2.05) is 44.4 Å². The van der Waals surface area contributed by atoms with Crippen LogP contribution in [0.15, 0.2) is 30.3 Å². The van der Waals surface area contributed by atoms with Gasteiger partial charge in [-0.2, -0.15) is 0 Å². The Balaban J connectivity index is 2.41. The molecule has 2 heteroatoms. The lowest BCUT2D eigenvalue weighted by Crippen LogP contribution is -2.27. The minimum absolute atomic E-state index is 0.234. The lowest BCUT2D eigenvalue weighted by atomic mass is 10.3. The molecule has 0 unspecified atom stereocenters. The van der Waals surface area contributed by atoms with Gasteiger partial charge in [0.25, 0.3) is 0 Å². The van der Waals surface area contributed by atoms with Crippen molar-refractivity contribution in [2.24, 2.45) is 0 Å². The maximum absolute atomic E-state index is 5.68. The van der Waals surface area contributed by atoms with Gasteiger partial charge in [-0.15, -0.1) is 0 Å². The van der Waals surface area contributed by atoms with Crippen molar-refractivity contribution in [3.63, 3.8) is 0 Å². The van der Waals surface area contributed by atoms with Gasteiger partial charge in [-0.25, -0.2) is 0 Å². The van der Waals surface area contributed by atoms with Crippen LogP contribution in [0.25, 0.3) is 0 Å². The van der Waals surface area contributed by atoms with Gasteiger partial charge in [0.15, 0.2) is 0 Å². The Morgan fingerprint density at radius 1 is 1.23 bits per heavy atom. The van der Waals surface area contributed by atoms with E-state index in [2.05, 4.69) is 11.8 Å². The summed E-state index contributed by atoms with van der Waals surface area (Å²) in [5, 5.41) is 0. The van der Waals surface area contributed by atoms with Crippen molar-refractivity contribution in [3.05, 3.63) is 30.3 Å². The van der Waals surface area contributed by atoms with E-state index in [-0.39, 0.29) is 6.10 Å². The number of hydrogen-bond donors (Lipinski definition) is 0. The Morgan fingerprint density at radius 3 is 2.38 bits per heavy atom. The average Bonchev–Trinajstić information content (AvgIpc) is 2.04. The van der Waals surface area contributed by atoms with Gasteiger partial charge in [0.05, 0.1) is 0 Å². The third-order valence-corrected chi connectivity index (χ3v) is 1.70. The molecule has 1 atom stereocenters. The van der Waals surface area contributed by atoms with Crippen LogP contribution in [-0.2, 0) is 0 Å². The van der Waals surface area contributed by atoms with Crippen molar-refractivity contribution in [3.8, 4) is 5.75 Å². The standard InChI is InChI=1S/C11H17NO/c1-10(9-12(2)3)13-11-7-5-4-6-8-11/h4-8,10H,9H2,1-3H3/t10-/m0/s1. The van der Waals surface area contributed by atoms with Gasteiger partial charge in [-0.3, -0.25) is 0 Å². The molecule has 0 aliphatic rings. The summed E-state index contributed by atoms with van der Waals surface area (Å²) in [5.74, 6) is 0.942. The van der Waals surface area contributed by atoms with Crippen molar-refractivity contribution < 1.29 is 4.74 Å². The highest BCUT2D eigenvalue weighted by Crippen LogP contribution is 2.10. The Kier molecular flexibility index (Phi) is 3.77. The number of benzene rings is 1. The van der Waals surface area contributed by atoms with Crippen molar-refractivity contribution in [1.82, 2.24) is 4.90 Å². The summed E-state index contributed by atoms with van der Waals surface area (Å²) in [6, 6.07) is 9.91. The second kappa shape index (κ2) is 4.87. The van der Waals surface area contributed by atoms with Crippen LogP contribution in [0.1, 0.15) is 6.92 Å². The molecule has 0 aromatic heterocycles. The van der Waals surface area contributed by atoms with Crippen LogP contribution in [0.5, 0.6) is 5.75 Å². The molecule has 0 bridgehead atoms. The Hall–Kier alpha value is -1.02. The maximum Gasteiger partial charge on any atom is 0.119 e. The maximum atomic E-state index is 5.68. The van der Waals surface area contributed by atoms with Crippen molar-refractivity contribution >= 4 is 0 Å². The van der Waals surface area contributed by atoms with E-state index in [1.54, 1.807) is 0 Å². The minimum Gasteiger partial charge on any atom is -0.489 e. The highest BCUT2D eigenvalue weighted by atomic mass is 16.5. The van der Waals surface area contributed by atoms with Crippen molar-refractivity contribution in [1.29, 1.82) is 0 Å². The molecule has 13 heavy (non-hydrogen) atoms. The molecule has 0 saturated carbocycles. The number of ether oxygens (including phenoxy) is 1. The van der Waals surface area contributed by atoms with E-state index < -0.39 is 0 Å². The molecule has 0 radical (unpaired) electrons. The normalized spacial score (nSPS) is 12.9. The summed E-state index contributed by atoms with van der Waals surface area (Å²) >= 11 is 0. The van der Waals surface area contributed by atoms with Gasteiger partial charge in [-0.1, -0.05) is 18.2 Å². The molecule has 2 nitrogen and oxygen atoms in total. The SMILES string of the molecule is C[C@@H](CN(C)C)Oc1ccccc1. The molecular formula is C11H17NO. The van der Waals surface area contributed by atoms with Gasteiger partial charge in [0.1, 0.15) is 11.9 Å². The minimum atomic E-state index is 0.234. The first-order valence-corrected chi connectivity index (χ1v) is 4.55. The third kappa shape index (κ3) is 3.95. The Labute approximate surface area is 80.1 Å². The van der Waals surface area contributed by atoms with Crippen LogP contribution in [0.2, 0.25) is 0 Å².